The predicted molar refractivity (Wildman–Crippen MR) is 60.6 cm³/mol. The third kappa shape index (κ3) is 1.95. The number of carbonyl (C=O) groups excluding carboxylic acids is 1. The van der Waals surface area contributed by atoms with Crippen LogP contribution in [0.15, 0.2) is 16.8 Å². The standard InChI is InChI=1S/C9H10N2OS2/c10-2-9(12)11-3-7-1-6-4-13-5-8(6)14-7/h1,4-5H,2-3,10H2,(H,11,12). The fourth-order valence-electron chi connectivity index (χ4n) is 1.17. The van der Waals surface area contributed by atoms with Crippen molar-refractivity contribution in [3.05, 3.63) is 21.7 Å². The molecule has 0 bridgehead atoms. The lowest BCUT2D eigenvalue weighted by Crippen LogP contribution is -2.29. The van der Waals surface area contributed by atoms with Crippen molar-refractivity contribution in [2.24, 2.45) is 5.73 Å². The molecule has 14 heavy (non-hydrogen) atoms. The van der Waals surface area contributed by atoms with Crippen molar-refractivity contribution in [3.8, 4) is 0 Å². The molecule has 0 unspecified atom stereocenters. The summed E-state index contributed by atoms with van der Waals surface area (Å²) in [4.78, 5) is 12.1. The second kappa shape index (κ2) is 4.08. The first kappa shape index (κ1) is 9.64. The summed E-state index contributed by atoms with van der Waals surface area (Å²) in [6.45, 7) is 0.638. The van der Waals surface area contributed by atoms with Crippen LogP contribution in [0, 0.1) is 0 Å². The first-order valence-electron chi connectivity index (χ1n) is 4.21. The van der Waals surface area contributed by atoms with Gasteiger partial charge in [-0.15, -0.1) is 11.3 Å². The summed E-state index contributed by atoms with van der Waals surface area (Å²) < 4.78 is 1.28. The average Bonchev–Trinajstić information content (AvgIpc) is 2.73. The van der Waals surface area contributed by atoms with Gasteiger partial charge in [-0.05, 0) is 11.4 Å². The van der Waals surface area contributed by atoms with Gasteiger partial charge in [0.15, 0.2) is 0 Å². The minimum atomic E-state index is -0.110. The Morgan fingerprint density at radius 2 is 2.36 bits per heavy atom. The smallest absolute Gasteiger partial charge is 0.234 e. The molecule has 2 aromatic rings. The van der Waals surface area contributed by atoms with E-state index in [1.54, 1.807) is 22.7 Å². The Morgan fingerprint density at radius 3 is 3.07 bits per heavy atom. The Bertz CT molecular complexity index is 418. The molecule has 0 saturated carbocycles. The molecule has 0 fully saturated rings. The van der Waals surface area contributed by atoms with Gasteiger partial charge in [0.05, 0.1) is 13.1 Å². The second-order valence-corrected chi connectivity index (χ2v) is 4.80. The van der Waals surface area contributed by atoms with Crippen LogP contribution in [0.25, 0.3) is 10.1 Å². The van der Waals surface area contributed by atoms with E-state index in [0.29, 0.717) is 6.54 Å². The highest BCUT2D eigenvalue weighted by Crippen LogP contribution is 2.28. The lowest BCUT2D eigenvalue weighted by Gasteiger charge is -1.99. The number of nitrogens with one attached hydrogen (secondary N) is 1. The number of amides is 1. The molecule has 2 rings (SSSR count). The Kier molecular flexibility index (Phi) is 2.81. The fourth-order valence-corrected chi connectivity index (χ4v) is 3.12. The van der Waals surface area contributed by atoms with E-state index in [4.69, 9.17) is 5.73 Å². The van der Waals surface area contributed by atoms with E-state index >= 15 is 0 Å². The molecule has 3 nitrogen and oxygen atoms in total. The van der Waals surface area contributed by atoms with E-state index in [2.05, 4.69) is 22.1 Å². The summed E-state index contributed by atoms with van der Waals surface area (Å²) in [5.74, 6) is -0.110. The zero-order valence-corrected chi connectivity index (χ0v) is 9.08. The number of thiophene rings is 2. The summed E-state index contributed by atoms with van der Waals surface area (Å²) in [5.41, 5.74) is 5.18. The highest BCUT2D eigenvalue weighted by molar-refractivity contribution is 7.22. The number of nitrogens with two attached hydrogens (primary N) is 1. The molecule has 0 aliphatic rings. The molecule has 2 aromatic heterocycles. The van der Waals surface area contributed by atoms with Crippen molar-refractivity contribution in [1.29, 1.82) is 0 Å². The monoisotopic (exact) mass is 226 g/mol. The lowest BCUT2D eigenvalue weighted by atomic mass is 10.3. The molecule has 0 spiro atoms. The molecular formula is C9H10N2OS2. The average molecular weight is 226 g/mol. The molecule has 5 heteroatoms. The molecule has 74 valence electrons. The Morgan fingerprint density at radius 1 is 1.50 bits per heavy atom. The van der Waals surface area contributed by atoms with Crippen LogP contribution in [-0.2, 0) is 11.3 Å². The summed E-state index contributed by atoms with van der Waals surface area (Å²) in [6.07, 6.45) is 0. The van der Waals surface area contributed by atoms with Gasteiger partial charge in [-0.25, -0.2) is 0 Å². The molecule has 0 saturated heterocycles. The second-order valence-electron chi connectivity index (χ2n) is 2.88. The van der Waals surface area contributed by atoms with Crippen molar-refractivity contribution >= 4 is 38.7 Å². The van der Waals surface area contributed by atoms with Gasteiger partial charge in [0.25, 0.3) is 0 Å². The third-order valence-corrected chi connectivity index (χ3v) is 3.87. The lowest BCUT2D eigenvalue weighted by molar-refractivity contribution is -0.119. The highest BCUT2D eigenvalue weighted by atomic mass is 32.1. The summed E-state index contributed by atoms with van der Waals surface area (Å²) in [7, 11) is 0. The van der Waals surface area contributed by atoms with E-state index < -0.39 is 0 Å². The van der Waals surface area contributed by atoms with Gasteiger partial charge in [0, 0.05) is 20.3 Å². The quantitative estimate of drug-likeness (QED) is 0.834. The molecular weight excluding hydrogens is 216 g/mol. The van der Waals surface area contributed by atoms with E-state index in [9.17, 15) is 4.79 Å². The van der Waals surface area contributed by atoms with E-state index in [0.717, 1.165) is 0 Å². The van der Waals surface area contributed by atoms with Crippen molar-refractivity contribution in [2.75, 3.05) is 6.54 Å². The number of hydrogen-bond donors (Lipinski definition) is 2. The maximum absolute atomic E-state index is 10.9. The fraction of sp³-hybridized carbons (Fsp3) is 0.222. The zero-order chi connectivity index (χ0) is 9.97. The third-order valence-electron chi connectivity index (χ3n) is 1.86. The largest absolute Gasteiger partial charge is 0.350 e. The van der Waals surface area contributed by atoms with E-state index in [1.165, 1.54) is 15.0 Å². The van der Waals surface area contributed by atoms with E-state index in [1.807, 2.05) is 0 Å². The zero-order valence-electron chi connectivity index (χ0n) is 7.45. The Labute approximate surface area is 89.5 Å². The highest BCUT2D eigenvalue weighted by Gasteiger charge is 2.03. The van der Waals surface area contributed by atoms with Crippen LogP contribution in [0.5, 0.6) is 0 Å². The van der Waals surface area contributed by atoms with Crippen molar-refractivity contribution in [2.45, 2.75) is 6.54 Å². The maximum Gasteiger partial charge on any atom is 0.234 e. The van der Waals surface area contributed by atoms with Crippen molar-refractivity contribution in [1.82, 2.24) is 5.32 Å². The number of rotatable bonds is 3. The van der Waals surface area contributed by atoms with Gasteiger partial charge in [0.1, 0.15) is 0 Å². The normalized spacial score (nSPS) is 10.6. The molecule has 0 radical (unpaired) electrons. The van der Waals surface area contributed by atoms with Crippen LogP contribution < -0.4 is 11.1 Å². The van der Waals surface area contributed by atoms with E-state index in [-0.39, 0.29) is 12.5 Å². The Balaban J connectivity index is 2.05. The molecule has 0 aliphatic heterocycles. The van der Waals surface area contributed by atoms with Gasteiger partial charge < -0.3 is 11.1 Å². The summed E-state index contributed by atoms with van der Waals surface area (Å²) in [5, 5.41) is 8.24. The molecule has 0 aliphatic carbocycles. The van der Waals surface area contributed by atoms with Crippen LogP contribution in [0.4, 0.5) is 0 Å². The first-order chi connectivity index (χ1) is 6.79. The molecule has 2 heterocycles. The number of hydrogen-bond acceptors (Lipinski definition) is 4. The molecule has 0 aromatic carbocycles. The molecule has 1 amide bonds. The van der Waals surface area contributed by atoms with Crippen LogP contribution in [0.2, 0.25) is 0 Å². The number of carbonyl (C=O) groups is 1. The van der Waals surface area contributed by atoms with Crippen LogP contribution in [-0.4, -0.2) is 12.5 Å². The van der Waals surface area contributed by atoms with Crippen LogP contribution in [0.1, 0.15) is 4.88 Å². The van der Waals surface area contributed by atoms with Crippen LogP contribution in [0.3, 0.4) is 0 Å². The van der Waals surface area contributed by atoms with Crippen molar-refractivity contribution < 1.29 is 4.79 Å². The Hall–Kier alpha value is -0.910. The summed E-state index contributed by atoms with van der Waals surface area (Å²) >= 11 is 3.41. The molecule has 0 atom stereocenters. The van der Waals surface area contributed by atoms with Gasteiger partial charge in [-0.2, -0.15) is 11.3 Å². The summed E-state index contributed by atoms with van der Waals surface area (Å²) in [6, 6.07) is 2.10. The van der Waals surface area contributed by atoms with Gasteiger partial charge in [-0.1, -0.05) is 0 Å². The minimum absolute atomic E-state index is 0.0548. The van der Waals surface area contributed by atoms with Gasteiger partial charge in [0.2, 0.25) is 5.91 Å². The number of fused-ring (bicyclic) bond motifs is 1. The van der Waals surface area contributed by atoms with Gasteiger partial charge >= 0.3 is 0 Å². The maximum atomic E-state index is 10.9. The first-order valence-corrected chi connectivity index (χ1v) is 5.97. The van der Waals surface area contributed by atoms with Crippen molar-refractivity contribution in [3.63, 3.8) is 0 Å². The topological polar surface area (TPSA) is 55.1 Å². The molecule has 3 N–H and O–H groups in total. The SMILES string of the molecule is NCC(=O)NCc1cc2cscc2s1. The van der Waals surface area contributed by atoms with Crippen LogP contribution >= 0.6 is 22.7 Å². The minimum Gasteiger partial charge on any atom is -0.350 e. The predicted octanol–water partition coefficient (Wildman–Crippen LogP) is 1.54. The van der Waals surface area contributed by atoms with Gasteiger partial charge in [-0.3, -0.25) is 4.79 Å².